The van der Waals surface area contributed by atoms with Crippen LogP contribution in [0.4, 0.5) is 0 Å². The summed E-state index contributed by atoms with van der Waals surface area (Å²) in [6.07, 6.45) is 0.842. The van der Waals surface area contributed by atoms with Crippen molar-refractivity contribution in [2.24, 2.45) is 4.99 Å². The summed E-state index contributed by atoms with van der Waals surface area (Å²) in [5, 5.41) is 9.49. The Morgan fingerprint density at radius 3 is 2.69 bits per heavy atom. The number of aliphatic imine (C=N–C) groups is 1. The van der Waals surface area contributed by atoms with Gasteiger partial charge in [-0.25, -0.2) is 0 Å². The number of piperazine rings is 3. The fourth-order valence-corrected chi connectivity index (χ4v) is 3.69. The number of nitrogens with zero attached hydrogens (tertiary/aromatic N) is 3. The van der Waals surface area contributed by atoms with Crippen molar-refractivity contribution >= 4 is 11.9 Å². The average molecular weight is 358 g/mol. The van der Waals surface area contributed by atoms with Crippen molar-refractivity contribution in [1.29, 1.82) is 0 Å². The average Bonchev–Trinajstić information content (AvgIpc) is 2.71. The molecule has 1 aromatic carbocycles. The van der Waals surface area contributed by atoms with Crippen LogP contribution in [0.5, 0.6) is 0 Å². The van der Waals surface area contributed by atoms with E-state index < -0.39 is 0 Å². The van der Waals surface area contributed by atoms with E-state index in [0.717, 1.165) is 37.6 Å². The molecule has 3 N–H and O–H groups in total. The van der Waals surface area contributed by atoms with Gasteiger partial charge in [0.05, 0.1) is 0 Å². The first-order valence-corrected chi connectivity index (χ1v) is 9.41. The highest BCUT2D eigenvalue weighted by Crippen LogP contribution is 2.14. The minimum Gasteiger partial charge on any atom is -0.356 e. The van der Waals surface area contributed by atoms with E-state index in [2.05, 4.69) is 30.7 Å². The van der Waals surface area contributed by atoms with Gasteiger partial charge in [0.25, 0.3) is 5.91 Å². The molecule has 1 amide bonds. The Bertz CT molecular complexity index is 639. The third-order valence-corrected chi connectivity index (χ3v) is 5.24. The number of carbonyl (C=O) groups is 1. The molecule has 7 heteroatoms. The molecule has 0 radical (unpaired) electrons. The topological polar surface area (TPSA) is 72.0 Å². The zero-order valence-corrected chi connectivity index (χ0v) is 15.8. The maximum atomic E-state index is 11.7. The van der Waals surface area contributed by atoms with Crippen molar-refractivity contribution in [3.8, 4) is 0 Å². The van der Waals surface area contributed by atoms with Crippen LogP contribution in [0.3, 0.4) is 0 Å². The van der Waals surface area contributed by atoms with E-state index in [1.54, 1.807) is 14.1 Å². The predicted octanol–water partition coefficient (Wildman–Crippen LogP) is -0.246. The lowest BCUT2D eigenvalue weighted by molar-refractivity contribution is 0.0154. The number of rotatable bonds is 6. The van der Waals surface area contributed by atoms with Gasteiger partial charge < -0.3 is 16.0 Å². The predicted molar refractivity (Wildman–Crippen MR) is 105 cm³/mol. The van der Waals surface area contributed by atoms with E-state index in [1.807, 2.05) is 24.3 Å². The largest absolute Gasteiger partial charge is 0.356 e. The number of amides is 1. The van der Waals surface area contributed by atoms with Crippen molar-refractivity contribution in [1.82, 2.24) is 25.8 Å². The number of hydrogen-bond donors (Lipinski definition) is 3. The van der Waals surface area contributed by atoms with Gasteiger partial charge in [-0.2, -0.15) is 0 Å². The van der Waals surface area contributed by atoms with Gasteiger partial charge in [0.2, 0.25) is 0 Å². The quantitative estimate of drug-likeness (QED) is 0.483. The number of benzene rings is 1. The summed E-state index contributed by atoms with van der Waals surface area (Å²) in [6, 6.07) is 8.32. The summed E-state index contributed by atoms with van der Waals surface area (Å²) < 4.78 is 0. The second kappa shape index (κ2) is 9.00. The number of hydrogen-bond acceptors (Lipinski definition) is 4. The lowest BCUT2D eigenvalue weighted by atomic mass is 10.1. The zero-order valence-electron chi connectivity index (χ0n) is 15.8. The molecule has 0 aliphatic carbocycles. The molecule has 3 aliphatic rings. The SMILES string of the molecule is CN=C(NCCc1cccc(C(=O)NC)c1)NCC1CN2CCN1CC2. The Morgan fingerprint density at radius 2 is 2.04 bits per heavy atom. The molecular weight excluding hydrogens is 328 g/mol. The van der Waals surface area contributed by atoms with Crippen LogP contribution in [0.2, 0.25) is 0 Å². The summed E-state index contributed by atoms with van der Waals surface area (Å²) in [6.45, 7) is 7.62. The third kappa shape index (κ3) is 4.74. The van der Waals surface area contributed by atoms with Crippen molar-refractivity contribution in [3.05, 3.63) is 35.4 Å². The van der Waals surface area contributed by atoms with Crippen LogP contribution in [-0.2, 0) is 6.42 Å². The maximum absolute atomic E-state index is 11.7. The van der Waals surface area contributed by atoms with Crippen molar-refractivity contribution in [3.63, 3.8) is 0 Å². The molecule has 3 saturated heterocycles. The highest BCUT2D eigenvalue weighted by Gasteiger charge is 2.31. The normalized spacial score (nSPS) is 25.0. The Balaban J connectivity index is 1.42. The number of carbonyl (C=O) groups excluding carboxylic acids is 1. The van der Waals surface area contributed by atoms with Crippen LogP contribution >= 0.6 is 0 Å². The molecule has 3 fully saturated rings. The summed E-state index contributed by atoms with van der Waals surface area (Å²) in [4.78, 5) is 21.2. The Labute approximate surface area is 155 Å². The van der Waals surface area contributed by atoms with Crippen LogP contribution < -0.4 is 16.0 Å². The highest BCUT2D eigenvalue weighted by atomic mass is 16.1. The van der Waals surface area contributed by atoms with Gasteiger partial charge in [0.15, 0.2) is 5.96 Å². The fraction of sp³-hybridized carbons (Fsp3) is 0.579. The first-order chi connectivity index (χ1) is 12.7. The van der Waals surface area contributed by atoms with Crippen molar-refractivity contribution < 1.29 is 4.79 Å². The molecular formula is C19H30N6O. The molecule has 0 saturated carbocycles. The van der Waals surface area contributed by atoms with E-state index >= 15 is 0 Å². The van der Waals surface area contributed by atoms with Crippen LogP contribution in [0.25, 0.3) is 0 Å². The standard InChI is InChI=1S/C19H30N6O/c1-20-18(26)16-5-3-4-15(12-16)6-7-22-19(21-2)23-13-17-14-24-8-10-25(17)11-9-24/h3-5,12,17H,6-11,13-14H2,1-2H3,(H,20,26)(H2,21,22,23). The van der Waals surface area contributed by atoms with Gasteiger partial charge >= 0.3 is 0 Å². The second-order valence-corrected chi connectivity index (χ2v) is 6.90. The highest BCUT2D eigenvalue weighted by molar-refractivity contribution is 5.94. The first-order valence-electron chi connectivity index (χ1n) is 9.41. The molecule has 3 aliphatic heterocycles. The summed E-state index contributed by atoms with van der Waals surface area (Å²) in [5.41, 5.74) is 1.83. The summed E-state index contributed by atoms with van der Waals surface area (Å²) in [5.74, 6) is 0.787. The van der Waals surface area contributed by atoms with E-state index in [0.29, 0.717) is 11.6 Å². The first kappa shape index (κ1) is 18.7. The van der Waals surface area contributed by atoms with Crippen LogP contribution in [0.15, 0.2) is 29.3 Å². The molecule has 7 nitrogen and oxygen atoms in total. The molecule has 2 bridgehead atoms. The molecule has 4 rings (SSSR count). The van der Waals surface area contributed by atoms with Crippen LogP contribution in [-0.4, -0.2) is 87.6 Å². The second-order valence-electron chi connectivity index (χ2n) is 6.90. The Hall–Kier alpha value is -2.12. The van der Waals surface area contributed by atoms with Gasteiger partial charge in [-0.05, 0) is 24.1 Å². The number of fused-ring (bicyclic) bond motifs is 3. The molecule has 3 heterocycles. The van der Waals surface area contributed by atoms with E-state index in [-0.39, 0.29) is 5.91 Å². The molecule has 1 unspecified atom stereocenters. The number of nitrogens with one attached hydrogen (secondary N) is 3. The van der Waals surface area contributed by atoms with Crippen LogP contribution in [0.1, 0.15) is 15.9 Å². The molecule has 1 atom stereocenters. The summed E-state index contributed by atoms with van der Waals surface area (Å²) in [7, 11) is 3.45. The molecule has 1 aromatic rings. The maximum Gasteiger partial charge on any atom is 0.251 e. The molecule has 0 aromatic heterocycles. The van der Waals surface area contributed by atoms with E-state index in [4.69, 9.17) is 0 Å². The van der Waals surface area contributed by atoms with Crippen molar-refractivity contribution in [2.45, 2.75) is 12.5 Å². The van der Waals surface area contributed by atoms with E-state index in [1.165, 1.54) is 26.2 Å². The van der Waals surface area contributed by atoms with Gasteiger partial charge in [0, 0.05) is 71.5 Å². The van der Waals surface area contributed by atoms with Crippen LogP contribution in [0, 0.1) is 0 Å². The number of guanidine groups is 1. The summed E-state index contributed by atoms with van der Waals surface area (Å²) >= 11 is 0. The lowest BCUT2D eigenvalue weighted by Crippen LogP contribution is -2.63. The Morgan fingerprint density at radius 1 is 1.23 bits per heavy atom. The smallest absolute Gasteiger partial charge is 0.251 e. The Kier molecular flexibility index (Phi) is 6.46. The lowest BCUT2D eigenvalue weighted by Gasteiger charge is -2.47. The van der Waals surface area contributed by atoms with Crippen molar-refractivity contribution in [2.75, 3.05) is 59.9 Å². The zero-order chi connectivity index (χ0) is 18.4. The fourth-order valence-electron chi connectivity index (χ4n) is 3.69. The van der Waals surface area contributed by atoms with E-state index in [9.17, 15) is 4.79 Å². The monoisotopic (exact) mass is 358 g/mol. The van der Waals surface area contributed by atoms with Gasteiger partial charge in [-0.1, -0.05) is 12.1 Å². The minimum absolute atomic E-state index is 0.0511. The van der Waals surface area contributed by atoms with Gasteiger partial charge in [0.1, 0.15) is 0 Å². The molecule has 142 valence electrons. The molecule has 0 spiro atoms. The third-order valence-electron chi connectivity index (χ3n) is 5.24. The minimum atomic E-state index is -0.0511. The molecule has 26 heavy (non-hydrogen) atoms. The van der Waals surface area contributed by atoms with Gasteiger partial charge in [-0.15, -0.1) is 0 Å². The van der Waals surface area contributed by atoms with Gasteiger partial charge in [-0.3, -0.25) is 19.6 Å².